The summed E-state index contributed by atoms with van der Waals surface area (Å²) in [5.41, 5.74) is 7.44. The van der Waals surface area contributed by atoms with Crippen molar-refractivity contribution in [1.29, 1.82) is 0 Å². The van der Waals surface area contributed by atoms with E-state index in [0.29, 0.717) is 17.0 Å². The molecule has 20 heavy (non-hydrogen) atoms. The van der Waals surface area contributed by atoms with Gasteiger partial charge in [-0.3, -0.25) is 4.68 Å². The number of hydrogen-bond donors (Lipinski definition) is 1. The number of aromatic nitrogens is 2. The monoisotopic (exact) mass is 283 g/mol. The second-order valence-corrected chi connectivity index (χ2v) is 4.15. The SMILES string of the molecule is COc1cnn(C)c1C(N)c1cccc(OC(F)F)c1. The smallest absolute Gasteiger partial charge is 0.387 e. The average Bonchev–Trinajstić information content (AvgIpc) is 2.78. The summed E-state index contributed by atoms with van der Waals surface area (Å²) in [6.45, 7) is -2.87. The number of aryl methyl sites for hydroxylation is 1. The maximum atomic E-state index is 12.2. The lowest BCUT2D eigenvalue weighted by Gasteiger charge is -2.15. The Morgan fingerprint density at radius 2 is 2.10 bits per heavy atom. The topological polar surface area (TPSA) is 62.3 Å². The Bertz CT molecular complexity index is 587. The number of nitrogens with two attached hydrogens (primary N) is 1. The van der Waals surface area contributed by atoms with Gasteiger partial charge in [0.1, 0.15) is 11.4 Å². The van der Waals surface area contributed by atoms with Crippen LogP contribution in [-0.2, 0) is 7.05 Å². The number of ether oxygens (including phenoxy) is 2. The third kappa shape index (κ3) is 2.88. The van der Waals surface area contributed by atoms with Crippen LogP contribution in [-0.4, -0.2) is 23.5 Å². The zero-order valence-corrected chi connectivity index (χ0v) is 11.1. The molecule has 0 saturated carbocycles. The Balaban J connectivity index is 2.33. The molecule has 0 spiro atoms. The second kappa shape index (κ2) is 5.87. The van der Waals surface area contributed by atoms with Crippen molar-refractivity contribution in [3.05, 3.63) is 41.7 Å². The Hall–Kier alpha value is -2.15. The van der Waals surface area contributed by atoms with E-state index in [1.165, 1.54) is 19.2 Å². The number of benzene rings is 1. The predicted molar refractivity (Wildman–Crippen MR) is 68.9 cm³/mol. The maximum absolute atomic E-state index is 12.2. The molecule has 2 N–H and O–H groups in total. The van der Waals surface area contributed by atoms with Crippen molar-refractivity contribution in [2.45, 2.75) is 12.7 Å². The van der Waals surface area contributed by atoms with Crippen LogP contribution >= 0.6 is 0 Å². The fraction of sp³-hybridized carbons (Fsp3) is 0.308. The van der Waals surface area contributed by atoms with E-state index >= 15 is 0 Å². The van der Waals surface area contributed by atoms with Crippen molar-refractivity contribution in [3.8, 4) is 11.5 Å². The van der Waals surface area contributed by atoms with E-state index in [4.69, 9.17) is 10.5 Å². The van der Waals surface area contributed by atoms with Crippen LogP contribution in [0.2, 0.25) is 0 Å². The molecule has 108 valence electrons. The standard InChI is InChI=1S/C13H15F2N3O2/c1-18-12(10(19-2)7-17-18)11(16)8-4-3-5-9(6-8)20-13(14)15/h3-7,11,13H,16H2,1-2H3. The number of hydrogen-bond acceptors (Lipinski definition) is 4. The van der Waals surface area contributed by atoms with Gasteiger partial charge in [0, 0.05) is 7.05 Å². The zero-order valence-electron chi connectivity index (χ0n) is 11.1. The summed E-state index contributed by atoms with van der Waals surface area (Å²) in [7, 11) is 3.25. The van der Waals surface area contributed by atoms with Crippen molar-refractivity contribution in [3.63, 3.8) is 0 Å². The summed E-state index contributed by atoms with van der Waals surface area (Å²) >= 11 is 0. The van der Waals surface area contributed by atoms with Crippen molar-refractivity contribution in [2.75, 3.05) is 7.11 Å². The first-order valence-electron chi connectivity index (χ1n) is 5.89. The average molecular weight is 283 g/mol. The molecule has 0 bridgehead atoms. The molecule has 1 heterocycles. The molecule has 1 unspecified atom stereocenters. The largest absolute Gasteiger partial charge is 0.493 e. The van der Waals surface area contributed by atoms with E-state index in [0.717, 1.165) is 0 Å². The first kappa shape index (κ1) is 14.3. The highest BCUT2D eigenvalue weighted by Gasteiger charge is 2.19. The maximum Gasteiger partial charge on any atom is 0.387 e. The van der Waals surface area contributed by atoms with Crippen molar-refractivity contribution in [1.82, 2.24) is 9.78 Å². The highest BCUT2D eigenvalue weighted by atomic mass is 19.3. The van der Waals surface area contributed by atoms with Gasteiger partial charge in [0.25, 0.3) is 0 Å². The highest BCUT2D eigenvalue weighted by molar-refractivity contribution is 5.39. The summed E-state index contributed by atoms with van der Waals surface area (Å²) in [6.07, 6.45) is 1.55. The summed E-state index contributed by atoms with van der Waals surface area (Å²) in [5, 5.41) is 4.07. The summed E-state index contributed by atoms with van der Waals surface area (Å²) < 4.78 is 35.6. The number of rotatable bonds is 5. The fourth-order valence-electron chi connectivity index (χ4n) is 1.98. The lowest BCUT2D eigenvalue weighted by Crippen LogP contribution is -2.17. The van der Waals surface area contributed by atoms with Crippen molar-refractivity contribution in [2.24, 2.45) is 12.8 Å². The molecule has 1 aromatic carbocycles. The van der Waals surface area contributed by atoms with Gasteiger partial charge in [-0.1, -0.05) is 12.1 Å². The molecule has 0 fully saturated rings. The molecule has 1 atom stereocenters. The summed E-state index contributed by atoms with van der Waals surface area (Å²) in [6, 6.07) is 5.70. The molecule has 0 aliphatic rings. The van der Waals surface area contributed by atoms with E-state index in [1.54, 1.807) is 30.1 Å². The van der Waals surface area contributed by atoms with Gasteiger partial charge in [-0.25, -0.2) is 0 Å². The number of nitrogens with zero attached hydrogens (tertiary/aromatic N) is 2. The Morgan fingerprint density at radius 1 is 1.35 bits per heavy atom. The molecule has 0 aliphatic heterocycles. The van der Waals surface area contributed by atoms with Crippen LogP contribution in [0.5, 0.6) is 11.5 Å². The van der Waals surface area contributed by atoms with Crippen LogP contribution in [0, 0.1) is 0 Å². The number of alkyl halides is 2. The molecule has 0 radical (unpaired) electrons. The van der Waals surface area contributed by atoms with Gasteiger partial charge in [0.15, 0.2) is 5.75 Å². The van der Waals surface area contributed by atoms with E-state index in [1.807, 2.05) is 0 Å². The van der Waals surface area contributed by atoms with Gasteiger partial charge >= 0.3 is 6.61 Å². The lowest BCUT2D eigenvalue weighted by atomic mass is 10.0. The highest BCUT2D eigenvalue weighted by Crippen LogP contribution is 2.29. The van der Waals surface area contributed by atoms with Crippen LogP contribution in [0.1, 0.15) is 17.3 Å². The molecule has 5 nitrogen and oxygen atoms in total. The molecule has 2 rings (SSSR count). The lowest BCUT2D eigenvalue weighted by molar-refractivity contribution is -0.0498. The van der Waals surface area contributed by atoms with E-state index in [9.17, 15) is 8.78 Å². The minimum Gasteiger partial charge on any atom is -0.493 e. The second-order valence-electron chi connectivity index (χ2n) is 4.15. The third-order valence-electron chi connectivity index (χ3n) is 2.91. The van der Waals surface area contributed by atoms with Gasteiger partial charge in [0.05, 0.1) is 19.3 Å². The van der Waals surface area contributed by atoms with Gasteiger partial charge in [-0.05, 0) is 17.7 Å². The Labute approximate surface area is 114 Å². The molecule has 2 aromatic rings. The molecule has 0 amide bonds. The molecule has 1 aromatic heterocycles. The summed E-state index contributed by atoms with van der Waals surface area (Å²) in [5.74, 6) is 0.606. The van der Waals surface area contributed by atoms with Crippen LogP contribution in [0.25, 0.3) is 0 Å². The minimum atomic E-state index is -2.87. The fourth-order valence-corrected chi connectivity index (χ4v) is 1.98. The van der Waals surface area contributed by atoms with Crippen molar-refractivity contribution >= 4 is 0 Å². The zero-order chi connectivity index (χ0) is 14.7. The van der Waals surface area contributed by atoms with Crippen molar-refractivity contribution < 1.29 is 18.3 Å². The first-order valence-corrected chi connectivity index (χ1v) is 5.89. The van der Waals surface area contributed by atoms with Crippen LogP contribution < -0.4 is 15.2 Å². The van der Waals surface area contributed by atoms with E-state index in [2.05, 4.69) is 9.84 Å². The minimum absolute atomic E-state index is 0.0640. The van der Waals surface area contributed by atoms with Crippen LogP contribution in [0.4, 0.5) is 8.78 Å². The predicted octanol–water partition coefficient (Wildman–Crippen LogP) is 2.08. The van der Waals surface area contributed by atoms with E-state index in [-0.39, 0.29) is 5.75 Å². The first-order chi connectivity index (χ1) is 9.52. The quantitative estimate of drug-likeness (QED) is 0.912. The Kier molecular flexibility index (Phi) is 4.19. The van der Waals surface area contributed by atoms with Gasteiger partial charge in [-0.15, -0.1) is 0 Å². The molecule has 0 saturated heterocycles. The third-order valence-corrected chi connectivity index (χ3v) is 2.91. The number of halogens is 2. The van der Waals surface area contributed by atoms with Crippen LogP contribution in [0.15, 0.2) is 30.5 Å². The number of methoxy groups -OCH3 is 1. The summed E-state index contributed by atoms with van der Waals surface area (Å²) in [4.78, 5) is 0. The molecule has 7 heteroatoms. The molecular weight excluding hydrogens is 268 g/mol. The van der Waals surface area contributed by atoms with Gasteiger partial charge in [-0.2, -0.15) is 13.9 Å². The molecule has 0 aliphatic carbocycles. The van der Waals surface area contributed by atoms with Gasteiger partial charge < -0.3 is 15.2 Å². The van der Waals surface area contributed by atoms with E-state index < -0.39 is 12.7 Å². The van der Waals surface area contributed by atoms with Crippen LogP contribution in [0.3, 0.4) is 0 Å². The molecular formula is C13H15F2N3O2. The Morgan fingerprint density at radius 3 is 2.75 bits per heavy atom. The normalized spacial score (nSPS) is 12.5. The van der Waals surface area contributed by atoms with Gasteiger partial charge in [0.2, 0.25) is 0 Å².